The standard InChI is InChI=1S/C62H41N/c1-3-19-42(20-4-1)47-23-7-8-24-48(47)43-35-37-45(38-36-43)63(44-21-5-2-6-22-44)46-39-40-59-60(41-46)62(55-31-15-11-27-51(55)52-28-12-16-32-56(52)62)58-34-18-17-33-57(58)61(59)53-29-13-9-25-49(53)50-26-10-14-30-54(50)61/h1-41H. The van der Waals surface area contributed by atoms with Crippen LogP contribution in [0.4, 0.5) is 17.1 Å². The molecule has 0 amide bonds. The zero-order valence-electron chi connectivity index (χ0n) is 34.6. The molecule has 0 saturated heterocycles. The highest BCUT2D eigenvalue weighted by atomic mass is 15.1. The Morgan fingerprint density at radius 1 is 0.206 bits per heavy atom. The second-order valence-electron chi connectivity index (χ2n) is 17.1. The Hall–Kier alpha value is -8.00. The molecule has 0 saturated carbocycles. The fourth-order valence-corrected chi connectivity index (χ4v) is 11.8. The van der Waals surface area contributed by atoms with Crippen LogP contribution in [0.2, 0.25) is 0 Å². The minimum atomic E-state index is -0.569. The van der Waals surface area contributed by atoms with Crippen LogP contribution in [0.1, 0.15) is 44.5 Å². The molecule has 13 rings (SSSR count). The Balaban J connectivity index is 1.09. The molecule has 2 spiro atoms. The van der Waals surface area contributed by atoms with Crippen molar-refractivity contribution in [3.8, 4) is 44.5 Å². The lowest BCUT2D eigenvalue weighted by atomic mass is 9.52. The van der Waals surface area contributed by atoms with Gasteiger partial charge in [0.15, 0.2) is 0 Å². The third-order valence-electron chi connectivity index (χ3n) is 14.2. The van der Waals surface area contributed by atoms with E-state index in [1.54, 1.807) is 0 Å². The number of fused-ring (bicyclic) bond motifs is 16. The Morgan fingerprint density at radius 3 is 1.00 bits per heavy atom. The number of hydrogen-bond acceptors (Lipinski definition) is 1. The first-order valence-electron chi connectivity index (χ1n) is 22.0. The average Bonchev–Trinajstić information content (AvgIpc) is 3.83. The average molecular weight is 800 g/mol. The number of benzene rings is 10. The highest BCUT2D eigenvalue weighted by Gasteiger charge is 2.59. The van der Waals surface area contributed by atoms with Crippen molar-refractivity contribution in [2.24, 2.45) is 0 Å². The van der Waals surface area contributed by atoms with Crippen molar-refractivity contribution >= 4 is 17.1 Å². The lowest BCUT2D eigenvalue weighted by molar-refractivity contribution is 0.633. The van der Waals surface area contributed by atoms with E-state index in [-0.39, 0.29) is 0 Å². The fraction of sp³-hybridized carbons (Fsp3) is 0.0323. The van der Waals surface area contributed by atoms with Gasteiger partial charge in [-0.2, -0.15) is 0 Å². The van der Waals surface area contributed by atoms with Gasteiger partial charge in [-0.25, -0.2) is 0 Å². The number of rotatable bonds is 5. The second kappa shape index (κ2) is 13.8. The van der Waals surface area contributed by atoms with Gasteiger partial charge in [-0.15, -0.1) is 0 Å². The van der Waals surface area contributed by atoms with Gasteiger partial charge in [0.25, 0.3) is 0 Å². The van der Waals surface area contributed by atoms with Crippen LogP contribution >= 0.6 is 0 Å². The first kappa shape index (κ1) is 35.7. The molecule has 63 heavy (non-hydrogen) atoms. The molecule has 3 aliphatic rings. The predicted octanol–water partition coefficient (Wildman–Crippen LogP) is 15.5. The molecule has 0 bridgehead atoms. The zero-order valence-corrected chi connectivity index (χ0v) is 34.6. The van der Waals surface area contributed by atoms with E-state index in [0.29, 0.717) is 0 Å². The molecule has 0 aliphatic heterocycles. The third kappa shape index (κ3) is 4.88. The molecule has 0 unspecified atom stereocenters. The van der Waals surface area contributed by atoms with Crippen molar-refractivity contribution in [2.45, 2.75) is 10.8 Å². The lowest BCUT2D eigenvalue weighted by Crippen LogP contribution is -2.43. The summed E-state index contributed by atoms with van der Waals surface area (Å²) < 4.78 is 0. The topological polar surface area (TPSA) is 3.24 Å². The molecule has 294 valence electrons. The van der Waals surface area contributed by atoms with Crippen molar-refractivity contribution in [3.63, 3.8) is 0 Å². The van der Waals surface area contributed by atoms with E-state index in [4.69, 9.17) is 0 Å². The summed E-state index contributed by atoms with van der Waals surface area (Å²) in [5.41, 5.74) is 23.0. The molecular formula is C62H41N. The maximum atomic E-state index is 2.54. The molecule has 0 fully saturated rings. The summed E-state index contributed by atoms with van der Waals surface area (Å²) in [5.74, 6) is 0. The molecule has 0 radical (unpaired) electrons. The molecule has 3 aliphatic carbocycles. The van der Waals surface area contributed by atoms with E-state index in [2.05, 4.69) is 254 Å². The van der Waals surface area contributed by atoms with E-state index >= 15 is 0 Å². The minimum absolute atomic E-state index is 0.527. The monoisotopic (exact) mass is 799 g/mol. The molecule has 10 aromatic rings. The van der Waals surface area contributed by atoms with Crippen LogP contribution in [0.25, 0.3) is 44.5 Å². The van der Waals surface area contributed by atoms with E-state index < -0.39 is 10.8 Å². The van der Waals surface area contributed by atoms with Crippen molar-refractivity contribution < 1.29 is 0 Å². The minimum Gasteiger partial charge on any atom is -0.310 e. The van der Waals surface area contributed by atoms with Crippen molar-refractivity contribution in [1.29, 1.82) is 0 Å². The van der Waals surface area contributed by atoms with Gasteiger partial charge in [0.2, 0.25) is 0 Å². The summed E-state index contributed by atoms with van der Waals surface area (Å²) >= 11 is 0. The molecule has 1 heteroatoms. The molecule has 1 nitrogen and oxygen atoms in total. The zero-order chi connectivity index (χ0) is 41.5. The summed E-state index contributed by atoms with van der Waals surface area (Å²) in [7, 11) is 0. The summed E-state index contributed by atoms with van der Waals surface area (Å²) in [5, 5.41) is 0. The largest absolute Gasteiger partial charge is 0.310 e. The highest BCUT2D eigenvalue weighted by Crippen LogP contribution is 2.67. The van der Waals surface area contributed by atoms with Crippen molar-refractivity contribution in [2.75, 3.05) is 4.90 Å². The van der Waals surface area contributed by atoms with Gasteiger partial charge >= 0.3 is 0 Å². The molecule has 0 heterocycles. The lowest BCUT2D eigenvalue weighted by Gasteiger charge is -2.49. The van der Waals surface area contributed by atoms with Crippen LogP contribution in [0.15, 0.2) is 249 Å². The van der Waals surface area contributed by atoms with Gasteiger partial charge in [0.05, 0.1) is 10.8 Å². The predicted molar refractivity (Wildman–Crippen MR) is 260 cm³/mol. The Morgan fingerprint density at radius 2 is 0.524 bits per heavy atom. The number of hydrogen-bond donors (Lipinski definition) is 0. The Labute approximate surface area is 368 Å². The summed E-state index contributed by atoms with van der Waals surface area (Å²) in [6.07, 6.45) is 0. The first-order chi connectivity index (χ1) is 31.3. The first-order valence-corrected chi connectivity index (χ1v) is 22.0. The van der Waals surface area contributed by atoms with Crippen LogP contribution < -0.4 is 4.90 Å². The van der Waals surface area contributed by atoms with Crippen LogP contribution in [-0.4, -0.2) is 0 Å². The highest BCUT2D eigenvalue weighted by molar-refractivity contribution is 5.95. The fourth-order valence-electron chi connectivity index (χ4n) is 11.8. The Bertz CT molecular complexity index is 3310. The van der Waals surface area contributed by atoms with Gasteiger partial charge in [-0.1, -0.05) is 212 Å². The summed E-state index contributed by atoms with van der Waals surface area (Å²) in [4.78, 5) is 2.44. The molecule has 0 N–H and O–H groups in total. The van der Waals surface area contributed by atoms with E-state index in [0.717, 1.165) is 17.1 Å². The van der Waals surface area contributed by atoms with Gasteiger partial charge in [-0.3, -0.25) is 0 Å². The van der Waals surface area contributed by atoms with Gasteiger partial charge < -0.3 is 4.90 Å². The quantitative estimate of drug-likeness (QED) is 0.168. The maximum absolute atomic E-state index is 2.54. The van der Waals surface area contributed by atoms with Crippen molar-refractivity contribution in [1.82, 2.24) is 0 Å². The molecule has 0 atom stereocenters. The maximum Gasteiger partial charge on any atom is 0.0720 e. The van der Waals surface area contributed by atoms with Gasteiger partial charge in [0, 0.05) is 17.1 Å². The summed E-state index contributed by atoms with van der Waals surface area (Å²) in [6, 6.07) is 92.7. The normalized spacial score (nSPS) is 14.0. The van der Waals surface area contributed by atoms with Crippen LogP contribution in [0, 0.1) is 0 Å². The smallest absolute Gasteiger partial charge is 0.0720 e. The second-order valence-corrected chi connectivity index (χ2v) is 17.1. The Kier molecular flexibility index (Phi) is 7.80. The SMILES string of the molecule is c1ccc(-c2ccccc2-c2ccc(N(c3ccccc3)c3ccc4c(c3)C3(c5ccccc5-c5ccccc53)c3ccccc3C43c4ccccc4-c4ccccc43)cc2)cc1. The van der Waals surface area contributed by atoms with E-state index in [1.165, 1.54) is 89.0 Å². The van der Waals surface area contributed by atoms with Crippen LogP contribution in [0.3, 0.4) is 0 Å². The molecule has 10 aromatic carbocycles. The van der Waals surface area contributed by atoms with Crippen molar-refractivity contribution in [3.05, 3.63) is 293 Å². The van der Waals surface area contributed by atoms with Crippen LogP contribution in [0.5, 0.6) is 0 Å². The summed E-state index contributed by atoms with van der Waals surface area (Å²) in [6.45, 7) is 0. The number of nitrogens with zero attached hydrogens (tertiary/aromatic N) is 1. The van der Waals surface area contributed by atoms with Gasteiger partial charge in [-0.05, 0) is 125 Å². The third-order valence-corrected chi connectivity index (χ3v) is 14.2. The molecule has 0 aromatic heterocycles. The van der Waals surface area contributed by atoms with E-state index in [1.807, 2.05) is 0 Å². The van der Waals surface area contributed by atoms with Gasteiger partial charge in [0.1, 0.15) is 0 Å². The van der Waals surface area contributed by atoms with Crippen LogP contribution in [-0.2, 0) is 10.8 Å². The number of anilines is 3. The number of para-hydroxylation sites is 1. The van der Waals surface area contributed by atoms with E-state index in [9.17, 15) is 0 Å². The molecular weight excluding hydrogens is 759 g/mol.